The van der Waals surface area contributed by atoms with Crippen LogP contribution in [0.3, 0.4) is 0 Å². The maximum atomic E-state index is 10.7. The molecule has 3 nitrogen and oxygen atoms in total. The molecule has 88 valence electrons. The fraction of sp³-hybridized carbons (Fsp3) is 0.417. The van der Waals surface area contributed by atoms with Gasteiger partial charge < -0.3 is 9.84 Å². The number of carboxylic acid groups (broad SMARTS) is 1. The summed E-state index contributed by atoms with van der Waals surface area (Å²) in [5, 5.41) is 8.79. The highest BCUT2D eigenvalue weighted by molar-refractivity contribution is 9.10. The van der Waals surface area contributed by atoms with E-state index in [0.29, 0.717) is 22.7 Å². The maximum Gasteiger partial charge on any atom is 0.335 e. The standard InChI is InChI=1S/C12H15BrO3/c1-8(2)5-6-16-11-4-3-9(12(14)15)7-10(11)13/h3-4,7-8H,5-6H2,1-2H3,(H,14,15). The van der Waals surface area contributed by atoms with Gasteiger partial charge in [-0.25, -0.2) is 4.79 Å². The van der Waals surface area contributed by atoms with Gasteiger partial charge in [-0.3, -0.25) is 0 Å². The van der Waals surface area contributed by atoms with Crippen molar-refractivity contribution in [2.24, 2.45) is 5.92 Å². The van der Waals surface area contributed by atoms with Gasteiger partial charge in [-0.15, -0.1) is 0 Å². The molecule has 0 amide bonds. The topological polar surface area (TPSA) is 46.5 Å². The SMILES string of the molecule is CC(C)CCOc1ccc(C(=O)O)cc1Br. The molecule has 0 fully saturated rings. The molecule has 1 aromatic carbocycles. The van der Waals surface area contributed by atoms with Crippen molar-refractivity contribution < 1.29 is 14.6 Å². The number of ether oxygens (including phenoxy) is 1. The van der Waals surface area contributed by atoms with E-state index in [4.69, 9.17) is 9.84 Å². The molecule has 0 saturated carbocycles. The summed E-state index contributed by atoms with van der Waals surface area (Å²) in [5.41, 5.74) is 0.253. The van der Waals surface area contributed by atoms with E-state index in [9.17, 15) is 4.79 Å². The van der Waals surface area contributed by atoms with Gasteiger partial charge in [0.2, 0.25) is 0 Å². The number of benzene rings is 1. The first-order valence-corrected chi connectivity index (χ1v) is 5.95. The number of aromatic carboxylic acids is 1. The van der Waals surface area contributed by atoms with Crippen molar-refractivity contribution in [3.8, 4) is 5.75 Å². The van der Waals surface area contributed by atoms with E-state index >= 15 is 0 Å². The number of carbonyl (C=O) groups is 1. The van der Waals surface area contributed by atoms with Crippen LogP contribution in [0.25, 0.3) is 0 Å². The van der Waals surface area contributed by atoms with Crippen molar-refractivity contribution in [2.45, 2.75) is 20.3 Å². The largest absolute Gasteiger partial charge is 0.492 e. The molecule has 0 aliphatic heterocycles. The van der Waals surface area contributed by atoms with Crippen molar-refractivity contribution in [1.82, 2.24) is 0 Å². The molecule has 0 unspecified atom stereocenters. The molecule has 16 heavy (non-hydrogen) atoms. The Labute approximate surface area is 104 Å². The van der Waals surface area contributed by atoms with Gasteiger partial charge in [0.1, 0.15) is 5.75 Å². The number of halogens is 1. The molecule has 0 aliphatic rings. The third kappa shape index (κ3) is 3.85. The van der Waals surface area contributed by atoms with Crippen LogP contribution in [0.15, 0.2) is 22.7 Å². The first-order valence-electron chi connectivity index (χ1n) is 5.16. The Hall–Kier alpha value is -1.03. The van der Waals surface area contributed by atoms with Gasteiger partial charge in [0.25, 0.3) is 0 Å². The second kappa shape index (κ2) is 5.89. The van der Waals surface area contributed by atoms with Gasteiger partial charge in [-0.1, -0.05) is 13.8 Å². The summed E-state index contributed by atoms with van der Waals surface area (Å²) in [5.74, 6) is 0.345. The zero-order valence-corrected chi connectivity index (χ0v) is 11.0. The summed E-state index contributed by atoms with van der Waals surface area (Å²) >= 11 is 3.29. The first-order chi connectivity index (χ1) is 7.50. The van der Waals surface area contributed by atoms with Gasteiger partial charge in [0.05, 0.1) is 16.6 Å². The number of carboxylic acids is 1. The zero-order valence-electron chi connectivity index (χ0n) is 9.37. The average Bonchev–Trinajstić information content (AvgIpc) is 2.19. The van der Waals surface area contributed by atoms with E-state index in [-0.39, 0.29) is 5.56 Å². The van der Waals surface area contributed by atoms with E-state index < -0.39 is 5.97 Å². The average molecular weight is 287 g/mol. The van der Waals surface area contributed by atoms with Crippen LogP contribution in [0.2, 0.25) is 0 Å². The van der Waals surface area contributed by atoms with Crippen LogP contribution in [0, 0.1) is 5.92 Å². The monoisotopic (exact) mass is 286 g/mol. The lowest BCUT2D eigenvalue weighted by Gasteiger charge is -2.10. The van der Waals surface area contributed by atoms with Crippen molar-refractivity contribution in [2.75, 3.05) is 6.61 Å². The summed E-state index contributed by atoms with van der Waals surface area (Å²) in [7, 11) is 0. The van der Waals surface area contributed by atoms with Crippen molar-refractivity contribution in [3.05, 3.63) is 28.2 Å². The van der Waals surface area contributed by atoms with E-state index in [1.54, 1.807) is 12.1 Å². The molecule has 1 aromatic rings. The number of hydrogen-bond donors (Lipinski definition) is 1. The first kappa shape index (κ1) is 13.0. The minimum absolute atomic E-state index is 0.253. The van der Waals surface area contributed by atoms with Crippen LogP contribution in [-0.4, -0.2) is 17.7 Å². The quantitative estimate of drug-likeness (QED) is 0.900. The zero-order chi connectivity index (χ0) is 12.1. The summed E-state index contributed by atoms with van der Waals surface area (Å²) in [6.07, 6.45) is 0.979. The predicted octanol–water partition coefficient (Wildman–Crippen LogP) is 3.57. The van der Waals surface area contributed by atoms with Crippen molar-refractivity contribution >= 4 is 21.9 Å². The van der Waals surface area contributed by atoms with Gasteiger partial charge >= 0.3 is 5.97 Å². The third-order valence-corrected chi connectivity index (χ3v) is 2.75. The van der Waals surface area contributed by atoms with Crippen LogP contribution in [0.4, 0.5) is 0 Å². The molecule has 0 atom stereocenters. The summed E-state index contributed by atoms with van der Waals surface area (Å²) in [4.78, 5) is 10.7. The van der Waals surface area contributed by atoms with Crippen LogP contribution in [0.1, 0.15) is 30.6 Å². The minimum Gasteiger partial charge on any atom is -0.492 e. The molecular weight excluding hydrogens is 272 g/mol. The molecule has 0 bridgehead atoms. The highest BCUT2D eigenvalue weighted by Crippen LogP contribution is 2.26. The Morgan fingerprint density at radius 3 is 2.69 bits per heavy atom. The Kier molecular flexibility index (Phi) is 4.80. The normalized spacial score (nSPS) is 10.5. The predicted molar refractivity (Wildman–Crippen MR) is 66.1 cm³/mol. The molecule has 1 N–H and O–H groups in total. The lowest BCUT2D eigenvalue weighted by Crippen LogP contribution is -2.03. The highest BCUT2D eigenvalue weighted by atomic mass is 79.9. The van der Waals surface area contributed by atoms with Crippen LogP contribution in [-0.2, 0) is 0 Å². The lowest BCUT2D eigenvalue weighted by atomic mass is 10.1. The molecule has 0 aliphatic carbocycles. The minimum atomic E-state index is -0.936. The number of hydrogen-bond acceptors (Lipinski definition) is 2. The summed E-state index contributed by atoms with van der Waals surface area (Å²) in [6.45, 7) is 4.90. The van der Waals surface area contributed by atoms with E-state index in [1.807, 2.05) is 0 Å². The van der Waals surface area contributed by atoms with E-state index in [0.717, 1.165) is 6.42 Å². The van der Waals surface area contributed by atoms with Crippen LogP contribution >= 0.6 is 15.9 Å². The van der Waals surface area contributed by atoms with Crippen LogP contribution in [0.5, 0.6) is 5.75 Å². The van der Waals surface area contributed by atoms with Gasteiger partial charge in [-0.2, -0.15) is 0 Å². The van der Waals surface area contributed by atoms with Gasteiger partial charge in [0.15, 0.2) is 0 Å². The Morgan fingerprint density at radius 1 is 1.50 bits per heavy atom. The highest BCUT2D eigenvalue weighted by Gasteiger charge is 2.07. The van der Waals surface area contributed by atoms with Crippen LogP contribution < -0.4 is 4.74 Å². The molecule has 0 aromatic heterocycles. The molecule has 0 heterocycles. The molecule has 0 spiro atoms. The van der Waals surface area contributed by atoms with Crippen molar-refractivity contribution in [1.29, 1.82) is 0 Å². The Balaban J connectivity index is 2.64. The fourth-order valence-electron chi connectivity index (χ4n) is 1.16. The molecular formula is C12H15BrO3. The summed E-state index contributed by atoms with van der Waals surface area (Å²) in [6, 6.07) is 4.76. The Morgan fingerprint density at radius 2 is 2.19 bits per heavy atom. The van der Waals surface area contributed by atoms with E-state index in [2.05, 4.69) is 29.8 Å². The lowest BCUT2D eigenvalue weighted by molar-refractivity contribution is 0.0697. The summed E-state index contributed by atoms with van der Waals surface area (Å²) < 4.78 is 6.22. The van der Waals surface area contributed by atoms with Gasteiger partial charge in [-0.05, 0) is 46.5 Å². The molecule has 1 rings (SSSR count). The maximum absolute atomic E-state index is 10.7. The molecule has 0 saturated heterocycles. The van der Waals surface area contributed by atoms with Gasteiger partial charge in [0, 0.05) is 0 Å². The smallest absolute Gasteiger partial charge is 0.335 e. The second-order valence-electron chi connectivity index (χ2n) is 3.98. The number of rotatable bonds is 5. The second-order valence-corrected chi connectivity index (χ2v) is 4.84. The van der Waals surface area contributed by atoms with Crippen molar-refractivity contribution in [3.63, 3.8) is 0 Å². The third-order valence-electron chi connectivity index (χ3n) is 2.13. The van der Waals surface area contributed by atoms with E-state index in [1.165, 1.54) is 6.07 Å². The molecule has 4 heteroatoms. The fourth-order valence-corrected chi connectivity index (χ4v) is 1.65. The Bertz CT molecular complexity index is 375. The molecule has 0 radical (unpaired) electrons.